The van der Waals surface area contributed by atoms with E-state index in [-0.39, 0.29) is 5.78 Å². The van der Waals surface area contributed by atoms with Gasteiger partial charge < -0.3 is 0 Å². The van der Waals surface area contributed by atoms with Crippen LogP contribution in [-0.4, -0.2) is 30.3 Å². The summed E-state index contributed by atoms with van der Waals surface area (Å²) < 4.78 is 0. The van der Waals surface area contributed by atoms with Gasteiger partial charge in [-0.3, -0.25) is 9.69 Å². The third-order valence-corrected chi connectivity index (χ3v) is 3.86. The molecular weight excluding hydrogens is 234 g/mol. The van der Waals surface area contributed by atoms with Gasteiger partial charge in [-0.15, -0.1) is 0 Å². The van der Waals surface area contributed by atoms with E-state index in [9.17, 15) is 4.79 Å². The first kappa shape index (κ1) is 15.9. The fourth-order valence-corrected chi connectivity index (χ4v) is 2.41. The number of carbonyl (C=O) groups excluding carboxylic acids is 1. The van der Waals surface area contributed by atoms with Gasteiger partial charge in [0, 0.05) is 11.6 Å². The largest absolute Gasteiger partial charge is 0.296 e. The van der Waals surface area contributed by atoms with E-state index in [1.165, 1.54) is 5.56 Å². The fraction of sp³-hybridized carbons (Fsp3) is 0.588. The molecule has 19 heavy (non-hydrogen) atoms. The molecule has 2 nitrogen and oxygen atoms in total. The van der Waals surface area contributed by atoms with Crippen LogP contribution in [0.1, 0.15) is 62.4 Å². The van der Waals surface area contributed by atoms with E-state index in [1.54, 1.807) is 0 Å². The van der Waals surface area contributed by atoms with Crippen molar-refractivity contribution in [3.63, 3.8) is 0 Å². The molecule has 1 aromatic carbocycles. The van der Waals surface area contributed by atoms with Crippen molar-refractivity contribution in [1.29, 1.82) is 0 Å². The molecule has 0 unspecified atom stereocenters. The lowest BCUT2D eigenvalue weighted by atomic mass is 10.00. The number of nitrogens with zero attached hydrogens (tertiary/aromatic N) is 1. The van der Waals surface area contributed by atoms with Crippen molar-refractivity contribution in [2.75, 3.05) is 13.6 Å². The minimum absolute atomic E-state index is 0.213. The van der Waals surface area contributed by atoms with E-state index in [0.29, 0.717) is 18.5 Å². The van der Waals surface area contributed by atoms with E-state index < -0.39 is 0 Å². The predicted molar refractivity (Wildman–Crippen MR) is 81.9 cm³/mol. The van der Waals surface area contributed by atoms with Gasteiger partial charge in [0.2, 0.25) is 0 Å². The normalized spacial score (nSPS) is 11.6. The first-order valence-electron chi connectivity index (χ1n) is 7.32. The number of ketones is 1. The van der Waals surface area contributed by atoms with Gasteiger partial charge in [0.1, 0.15) is 0 Å². The van der Waals surface area contributed by atoms with Gasteiger partial charge >= 0.3 is 0 Å². The smallest absolute Gasteiger partial charge is 0.176 e. The highest BCUT2D eigenvalue weighted by atomic mass is 16.1. The molecule has 0 aromatic heterocycles. The number of benzene rings is 1. The standard InChI is InChI=1S/C17H27NO/c1-6-16(7-2)18(5)12-17(19)15-10-8-14(9-11-15)13(3)4/h8-11,13,16H,6-7,12H2,1-5H3. The molecule has 0 aliphatic rings. The average molecular weight is 261 g/mol. The van der Waals surface area contributed by atoms with Gasteiger partial charge in [-0.05, 0) is 31.4 Å². The Morgan fingerprint density at radius 1 is 1.11 bits per heavy atom. The summed E-state index contributed by atoms with van der Waals surface area (Å²) in [6.45, 7) is 9.18. The van der Waals surface area contributed by atoms with Crippen LogP contribution in [0.25, 0.3) is 0 Å². The lowest BCUT2D eigenvalue weighted by Crippen LogP contribution is -2.35. The molecule has 106 valence electrons. The van der Waals surface area contributed by atoms with Crippen LogP contribution in [0.5, 0.6) is 0 Å². The SMILES string of the molecule is CCC(CC)N(C)CC(=O)c1ccc(C(C)C)cc1. The molecule has 0 heterocycles. The van der Waals surface area contributed by atoms with Crippen LogP contribution in [0.3, 0.4) is 0 Å². The molecular formula is C17H27NO. The van der Waals surface area contributed by atoms with Crippen LogP contribution >= 0.6 is 0 Å². The summed E-state index contributed by atoms with van der Waals surface area (Å²) in [5.41, 5.74) is 2.10. The second-order valence-corrected chi connectivity index (χ2v) is 5.59. The molecule has 2 heteroatoms. The van der Waals surface area contributed by atoms with Gasteiger partial charge in [-0.25, -0.2) is 0 Å². The van der Waals surface area contributed by atoms with Crippen molar-refractivity contribution in [2.24, 2.45) is 0 Å². The van der Waals surface area contributed by atoms with Crippen LogP contribution in [0, 0.1) is 0 Å². The Morgan fingerprint density at radius 2 is 1.63 bits per heavy atom. The maximum Gasteiger partial charge on any atom is 0.176 e. The lowest BCUT2D eigenvalue weighted by molar-refractivity contribution is 0.0915. The Hall–Kier alpha value is -1.15. The minimum Gasteiger partial charge on any atom is -0.296 e. The zero-order chi connectivity index (χ0) is 14.4. The molecule has 1 aromatic rings. The zero-order valence-electron chi connectivity index (χ0n) is 12.9. The van der Waals surface area contributed by atoms with Crippen LogP contribution in [-0.2, 0) is 0 Å². The van der Waals surface area contributed by atoms with Crippen LogP contribution < -0.4 is 0 Å². The van der Waals surface area contributed by atoms with Gasteiger partial charge in [0.05, 0.1) is 6.54 Å². The van der Waals surface area contributed by atoms with Crippen molar-refractivity contribution in [1.82, 2.24) is 4.90 Å². The van der Waals surface area contributed by atoms with E-state index in [0.717, 1.165) is 18.4 Å². The summed E-state index contributed by atoms with van der Waals surface area (Å²) >= 11 is 0. The Balaban J connectivity index is 2.67. The van der Waals surface area contributed by atoms with Crippen molar-refractivity contribution in [2.45, 2.75) is 52.5 Å². The highest BCUT2D eigenvalue weighted by Crippen LogP contribution is 2.15. The number of carbonyl (C=O) groups is 1. The average Bonchev–Trinajstić information content (AvgIpc) is 2.40. The van der Waals surface area contributed by atoms with E-state index in [1.807, 2.05) is 19.2 Å². The van der Waals surface area contributed by atoms with Gasteiger partial charge in [-0.2, -0.15) is 0 Å². The summed E-state index contributed by atoms with van der Waals surface area (Å²) in [6.07, 6.45) is 2.18. The molecule has 1 rings (SSSR count). The molecule has 0 amide bonds. The topological polar surface area (TPSA) is 20.3 Å². The van der Waals surface area contributed by atoms with Gasteiger partial charge in [0.15, 0.2) is 5.78 Å². The molecule has 0 saturated heterocycles. The molecule has 0 saturated carbocycles. The van der Waals surface area contributed by atoms with Crippen LogP contribution in [0.15, 0.2) is 24.3 Å². The number of Topliss-reactive ketones (excluding diaryl/α,β-unsaturated/α-hetero) is 1. The van der Waals surface area contributed by atoms with Crippen LogP contribution in [0.2, 0.25) is 0 Å². The second kappa shape index (κ2) is 7.44. The van der Waals surface area contributed by atoms with Crippen molar-refractivity contribution >= 4 is 5.78 Å². The lowest BCUT2D eigenvalue weighted by Gasteiger charge is -2.25. The molecule has 0 atom stereocenters. The van der Waals surface area contributed by atoms with Crippen LogP contribution in [0.4, 0.5) is 0 Å². The maximum absolute atomic E-state index is 12.2. The zero-order valence-corrected chi connectivity index (χ0v) is 12.9. The van der Waals surface area contributed by atoms with Crippen molar-refractivity contribution < 1.29 is 4.79 Å². The first-order chi connectivity index (χ1) is 8.99. The highest BCUT2D eigenvalue weighted by molar-refractivity contribution is 5.97. The van der Waals surface area contributed by atoms with Gasteiger partial charge in [0.25, 0.3) is 0 Å². The van der Waals surface area contributed by atoms with Gasteiger partial charge in [-0.1, -0.05) is 52.0 Å². The molecule has 0 fully saturated rings. The van der Waals surface area contributed by atoms with Crippen molar-refractivity contribution in [3.05, 3.63) is 35.4 Å². The van der Waals surface area contributed by atoms with Crippen molar-refractivity contribution in [3.8, 4) is 0 Å². The Kier molecular flexibility index (Phi) is 6.23. The summed E-state index contributed by atoms with van der Waals surface area (Å²) in [7, 11) is 2.04. The Bertz CT molecular complexity index is 390. The van der Waals surface area contributed by atoms with E-state index >= 15 is 0 Å². The molecule has 0 aliphatic heterocycles. The van der Waals surface area contributed by atoms with E-state index in [2.05, 4.69) is 44.7 Å². The summed E-state index contributed by atoms with van der Waals surface area (Å²) in [5.74, 6) is 0.723. The minimum atomic E-state index is 0.213. The quantitative estimate of drug-likeness (QED) is 0.688. The molecule has 0 bridgehead atoms. The summed E-state index contributed by atoms with van der Waals surface area (Å²) in [5, 5.41) is 0. The maximum atomic E-state index is 12.2. The third-order valence-electron chi connectivity index (χ3n) is 3.86. The number of hydrogen-bond acceptors (Lipinski definition) is 2. The Morgan fingerprint density at radius 3 is 2.05 bits per heavy atom. The summed E-state index contributed by atoms with van der Waals surface area (Å²) in [6, 6.07) is 8.54. The monoisotopic (exact) mass is 261 g/mol. The predicted octanol–water partition coefficient (Wildman–Crippen LogP) is 4.11. The first-order valence-corrected chi connectivity index (χ1v) is 7.32. The molecule has 0 radical (unpaired) electrons. The third kappa shape index (κ3) is 4.46. The number of rotatable bonds is 7. The fourth-order valence-electron chi connectivity index (χ4n) is 2.41. The second-order valence-electron chi connectivity index (χ2n) is 5.59. The highest BCUT2D eigenvalue weighted by Gasteiger charge is 2.15. The number of hydrogen-bond donors (Lipinski definition) is 0. The molecule has 0 N–H and O–H groups in total. The molecule has 0 aliphatic carbocycles. The summed E-state index contributed by atoms with van der Waals surface area (Å²) in [4.78, 5) is 14.4. The Labute approximate surface area is 117 Å². The molecule has 0 spiro atoms. The number of likely N-dealkylation sites (N-methyl/N-ethyl adjacent to an activating group) is 1. The van der Waals surface area contributed by atoms with E-state index in [4.69, 9.17) is 0 Å².